The lowest BCUT2D eigenvalue weighted by molar-refractivity contribution is 0.172. The van der Waals surface area contributed by atoms with E-state index in [0.717, 1.165) is 51.8 Å². The Morgan fingerprint density at radius 3 is 2.32 bits per heavy atom. The molecule has 0 aliphatic carbocycles. The largest absolute Gasteiger partial charge is 0.357 e. The Morgan fingerprint density at radius 2 is 1.64 bits per heavy atom. The van der Waals surface area contributed by atoms with Crippen LogP contribution in [-0.4, -0.2) is 79.6 Å². The summed E-state index contributed by atoms with van der Waals surface area (Å²) in [6, 6.07) is 10.8. The zero-order valence-electron chi connectivity index (χ0n) is 17.5. The molecule has 0 radical (unpaired) electrons. The van der Waals surface area contributed by atoms with E-state index in [2.05, 4.69) is 57.3 Å². The van der Waals surface area contributed by atoms with Crippen molar-refractivity contribution in [3.05, 3.63) is 35.9 Å². The van der Waals surface area contributed by atoms with Gasteiger partial charge in [-0.25, -0.2) is 0 Å². The highest BCUT2D eigenvalue weighted by Crippen LogP contribution is 2.10. The van der Waals surface area contributed by atoms with Crippen molar-refractivity contribution in [2.24, 2.45) is 4.99 Å². The summed E-state index contributed by atoms with van der Waals surface area (Å²) in [6.45, 7) is 13.3. The number of hydrogen-bond acceptors (Lipinski definition) is 3. The highest BCUT2D eigenvalue weighted by Gasteiger charge is 2.19. The molecule has 0 spiro atoms. The van der Waals surface area contributed by atoms with Crippen LogP contribution in [0.25, 0.3) is 0 Å². The smallest absolute Gasteiger partial charge is 0.194 e. The van der Waals surface area contributed by atoms with Crippen molar-refractivity contribution in [1.82, 2.24) is 20.0 Å². The minimum atomic E-state index is 0. The maximum atomic E-state index is 4.90. The maximum absolute atomic E-state index is 4.90. The highest BCUT2D eigenvalue weighted by molar-refractivity contribution is 14.0. The number of piperazine rings is 1. The molecule has 0 saturated carbocycles. The molecule has 2 fully saturated rings. The molecule has 0 bridgehead atoms. The van der Waals surface area contributed by atoms with Gasteiger partial charge in [0, 0.05) is 45.8 Å². The van der Waals surface area contributed by atoms with Crippen LogP contribution in [-0.2, 0) is 6.54 Å². The lowest BCUT2D eigenvalue weighted by Gasteiger charge is -2.36. The number of rotatable bonds is 8. The van der Waals surface area contributed by atoms with Gasteiger partial charge in [-0.05, 0) is 57.8 Å². The van der Waals surface area contributed by atoms with Gasteiger partial charge in [-0.2, -0.15) is 0 Å². The van der Waals surface area contributed by atoms with Gasteiger partial charge in [0.15, 0.2) is 5.96 Å². The van der Waals surface area contributed by atoms with Crippen LogP contribution in [0.2, 0.25) is 0 Å². The van der Waals surface area contributed by atoms with E-state index in [0.29, 0.717) is 0 Å². The predicted molar refractivity (Wildman–Crippen MR) is 130 cm³/mol. The molecule has 2 aliphatic rings. The normalized spacial score (nSPS) is 18.9. The summed E-state index contributed by atoms with van der Waals surface area (Å²) in [7, 11) is 0. The van der Waals surface area contributed by atoms with E-state index >= 15 is 0 Å². The maximum Gasteiger partial charge on any atom is 0.194 e. The second-order valence-electron chi connectivity index (χ2n) is 7.74. The van der Waals surface area contributed by atoms with E-state index in [1.165, 1.54) is 50.9 Å². The quantitative estimate of drug-likeness (QED) is 0.258. The zero-order valence-corrected chi connectivity index (χ0v) is 19.8. The number of likely N-dealkylation sites (tertiary alicyclic amines) is 1. The van der Waals surface area contributed by atoms with Crippen LogP contribution >= 0.6 is 24.0 Å². The molecule has 2 heterocycles. The van der Waals surface area contributed by atoms with Crippen LogP contribution in [0.1, 0.15) is 38.2 Å². The summed E-state index contributed by atoms with van der Waals surface area (Å²) in [5.41, 5.74) is 1.41. The molecule has 1 aromatic rings. The molecule has 2 aliphatic heterocycles. The molecule has 28 heavy (non-hydrogen) atoms. The molecule has 0 amide bonds. The number of nitrogens with one attached hydrogen (secondary N) is 1. The number of unbranched alkanes of at least 4 members (excludes halogenated alkanes) is 1. The van der Waals surface area contributed by atoms with Crippen molar-refractivity contribution in [2.45, 2.75) is 39.2 Å². The van der Waals surface area contributed by atoms with E-state index in [1.54, 1.807) is 0 Å². The Bertz CT molecular complexity index is 551. The molecule has 0 aromatic heterocycles. The van der Waals surface area contributed by atoms with Crippen molar-refractivity contribution in [3.8, 4) is 0 Å². The average Bonchev–Trinajstić information content (AvgIpc) is 3.22. The number of guanidine groups is 1. The Labute approximate surface area is 188 Å². The molecule has 2 saturated heterocycles. The van der Waals surface area contributed by atoms with Crippen LogP contribution in [0.4, 0.5) is 0 Å². The number of halogens is 1. The fourth-order valence-electron chi connectivity index (χ4n) is 4.02. The van der Waals surface area contributed by atoms with Crippen molar-refractivity contribution in [2.75, 3.05) is 58.9 Å². The van der Waals surface area contributed by atoms with Crippen molar-refractivity contribution in [1.29, 1.82) is 0 Å². The minimum absolute atomic E-state index is 0. The fourth-order valence-corrected chi connectivity index (χ4v) is 4.02. The third-order valence-electron chi connectivity index (χ3n) is 5.60. The Kier molecular flexibility index (Phi) is 11.2. The summed E-state index contributed by atoms with van der Waals surface area (Å²) < 4.78 is 0. The van der Waals surface area contributed by atoms with Crippen molar-refractivity contribution < 1.29 is 0 Å². The molecule has 158 valence electrons. The summed E-state index contributed by atoms with van der Waals surface area (Å²) in [5.74, 6) is 1.11. The van der Waals surface area contributed by atoms with E-state index in [9.17, 15) is 0 Å². The van der Waals surface area contributed by atoms with Crippen molar-refractivity contribution >= 4 is 29.9 Å². The average molecular weight is 499 g/mol. The van der Waals surface area contributed by atoms with Gasteiger partial charge in [0.25, 0.3) is 0 Å². The second-order valence-corrected chi connectivity index (χ2v) is 7.74. The molecule has 5 nitrogen and oxygen atoms in total. The van der Waals surface area contributed by atoms with Crippen LogP contribution in [0.15, 0.2) is 35.3 Å². The van der Waals surface area contributed by atoms with Gasteiger partial charge in [0.1, 0.15) is 0 Å². The number of benzene rings is 1. The van der Waals surface area contributed by atoms with E-state index in [1.807, 2.05) is 0 Å². The van der Waals surface area contributed by atoms with Gasteiger partial charge in [-0.15, -0.1) is 24.0 Å². The molecular formula is C22H38IN5. The molecule has 0 unspecified atom stereocenters. The van der Waals surface area contributed by atoms with Crippen LogP contribution in [0.3, 0.4) is 0 Å². The zero-order chi connectivity index (χ0) is 18.7. The van der Waals surface area contributed by atoms with Gasteiger partial charge < -0.3 is 15.1 Å². The number of aliphatic imine (C=N–C) groups is 1. The summed E-state index contributed by atoms with van der Waals surface area (Å²) in [5, 5.41) is 3.50. The molecule has 0 atom stereocenters. The van der Waals surface area contributed by atoms with E-state index < -0.39 is 0 Å². The van der Waals surface area contributed by atoms with Gasteiger partial charge in [-0.1, -0.05) is 30.3 Å². The molecule has 1 N–H and O–H groups in total. The Balaban J connectivity index is 0.00000280. The molecular weight excluding hydrogens is 461 g/mol. The summed E-state index contributed by atoms with van der Waals surface area (Å²) >= 11 is 0. The first-order valence-corrected chi connectivity index (χ1v) is 10.9. The number of hydrogen-bond donors (Lipinski definition) is 1. The summed E-state index contributed by atoms with van der Waals surface area (Å²) in [4.78, 5) is 12.5. The Morgan fingerprint density at radius 1 is 0.929 bits per heavy atom. The molecule has 3 rings (SSSR count). The SMILES string of the molecule is CCNC(=NCCCCN1CCCC1)N1CCN(Cc2ccccc2)CC1.I. The van der Waals surface area contributed by atoms with Gasteiger partial charge in [-0.3, -0.25) is 9.89 Å². The van der Waals surface area contributed by atoms with E-state index in [-0.39, 0.29) is 24.0 Å². The lowest BCUT2D eigenvalue weighted by Crippen LogP contribution is -2.52. The number of nitrogens with zero attached hydrogens (tertiary/aromatic N) is 4. The first-order valence-electron chi connectivity index (χ1n) is 10.9. The third-order valence-corrected chi connectivity index (χ3v) is 5.60. The van der Waals surface area contributed by atoms with Crippen LogP contribution in [0, 0.1) is 0 Å². The van der Waals surface area contributed by atoms with Crippen LogP contribution < -0.4 is 5.32 Å². The predicted octanol–water partition coefficient (Wildman–Crippen LogP) is 3.26. The van der Waals surface area contributed by atoms with Crippen molar-refractivity contribution in [3.63, 3.8) is 0 Å². The van der Waals surface area contributed by atoms with Gasteiger partial charge in [0.2, 0.25) is 0 Å². The van der Waals surface area contributed by atoms with Gasteiger partial charge >= 0.3 is 0 Å². The highest BCUT2D eigenvalue weighted by atomic mass is 127. The molecule has 6 heteroatoms. The second kappa shape index (κ2) is 13.4. The third kappa shape index (κ3) is 7.87. The standard InChI is InChI=1S/C22H37N5.HI/c1-2-23-22(24-12-6-7-13-25-14-8-9-15-25)27-18-16-26(17-19-27)20-21-10-4-3-5-11-21;/h3-5,10-11H,2,6-9,12-20H2,1H3,(H,23,24);1H. The first kappa shape index (κ1) is 23.4. The monoisotopic (exact) mass is 499 g/mol. The lowest BCUT2D eigenvalue weighted by atomic mass is 10.2. The Hall–Kier alpha value is -0.860. The minimum Gasteiger partial charge on any atom is -0.357 e. The molecule has 1 aromatic carbocycles. The fraction of sp³-hybridized carbons (Fsp3) is 0.682. The van der Waals surface area contributed by atoms with Gasteiger partial charge in [0.05, 0.1) is 0 Å². The van der Waals surface area contributed by atoms with E-state index in [4.69, 9.17) is 4.99 Å². The van der Waals surface area contributed by atoms with Crippen LogP contribution in [0.5, 0.6) is 0 Å². The topological polar surface area (TPSA) is 34.1 Å². The summed E-state index contributed by atoms with van der Waals surface area (Å²) in [6.07, 6.45) is 5.24. The first-order chi connectivity index (χ1) is 13.3.